The van der Waals surface area contributed by atoms with Gasteiger partial charge < -0.3 is 10.1 Å². The van der Waals surface area contributed by atoms with E-state index in [2.05, 4.69) is 24.5 Å². The van der Waals surface area contributed by atoms with Crippen molar-refractivity contribution in [2.45, 2.75) is 38.5 Å². The molecule has 2 atom stereocenters. The number of nitrogens with one attached hydrogen (secondary N) is 2. The van der Waals surface area contributed by atoms with Crippen molar-refractivity contribution in [2.24, 2.45) is 5.92 Å². The van der Waals surface area contributed by atoms with E-state index in [0.29, 0.717) is 5.92 Å². The van der Waals surface area contributed by atoms with Crippen LogP contribution in [0.5, 0.6) is 0 Å². The maximum atomic E-state index is 5.94. The van der Waals surface area contributed by atoms with Gasteiger partial charge in [0.2, 0.25) is 0 Å². The van der Waals surface area contributed by atoms with E-state index < -0.39 is 0 Å². The molecular weight excluding hydrogens is 164 g/mol. The van der Waals surface area contributed by atoms with Crippen molar-refractivity contribution in [3.8, 4) is 0 Å². The molecule has 0 radical (unpaired) electrons. The van der Waals surface area contributed by atoms with Gasteiger partial charge in [-0.25, -0.2) is 0 Å². The topological polar surface area (TPSA) is 33.3 Å². The summed E-state index contributed by atoms with van der Waals surface area (Å²) in [5.41, 5.74) is 0.0299. The molecule has 2 unspecified atom stereocenters. The molecule has 2 aliphatic rings. The lowest BCUT2D eigenvalue weighted by Crippen LogP contribution is -2.41. The monoisotopic (exact) mass is 184 g/mol. The van der Waals surface area contributed by atoms with E-state index in [1.807, 2.05) is 0 Å². The third-order valence-electron chi connectivity index (χ3n) is 2.94. The van der Waals surface area contributed by atoms with E-state index >= 15 is 0 Å². The second-order valence-corrected chi connectivity index (χ2v) is 4.79. The van der Waals surface area contributed by atoms with Crippen LogP contribution in [0.4, 0.5) is 0 Å². The molecule has 0 bridgehead atoms. The van der Waals surface area contributed by atoms with Gasteiger partial charge >= 0.3 is 0 Å². The van der Waals surface area contributed by atoms with Gasteiger partial charge in [0.15, 0.2) is 0 Å². The fraction of sp³-hybridized carbons (Fsp3) is 1.00. The fourth-order valence-electron chi connectivity index (χ4n) is 2.17. The third kappa shape index (κ3) is 2.22. The highest BCUT2D eigenvalue weighted by Gasteiger charge is 2.36. The highest BCUT2D eigenvalue weighted by atomic mass is 16.5. The molecule has 3 heteroatoms. The SMILES string of the molecule is CC1(C)CNC(C2CCCNC2)O1. The molecule has 76 valence electrons. The van der Waals surface area contributed by atoms with Crippen LogP contribution in [-0.2, 0) is 4.74 Å². The molecule has 3 nitrogen and oxygen atoms in total. The van der Waals surface area contributed by atoms with Crippen molar-refractivity contribution in [1.29, 1.82) is 0 Å². The summed E-state index contributed by atoms with van der Waals surface area (Å²) in [7, 11) is 0. The van der Waals surface area contributed by atoms with Crippen molar-refractivity contribution >= 4 is 0 Å². The van der Waals surface area contributed by atoms with Gasteiger partial charge in [-0.15, -0.1) is 0 Å². The Hall–Kier alpha value is -0.120. The van der Waals surface area contributed by atoms with Crippen LogP contribution in [-0.4, -0.2) is 31.5 Å². The highest BCUT2D eigenvalue weighted by Crippen LogP contribution is 2.25. The summed E-state index contributed by atoms with van der Waals surface area (Å²) in [6.07, 6.45) is 2.86. The minimum atomic E-state index is 0.0299. The smallest absolute Gasteiger partial charge is 0.113 e. The summed E-state index contributed by atoms with van der Waals surface area (Å²) in [6, 6.07) is 0. The first kappa shape index (κ1) is 9.44. The maximum absolute atomic E-state index is 5.94. The maximum Gasteiger partial charge on any atom is 0.113 e. The summed E-state index contributed by atoms with van der Waals surface area (Å²) in [5, 5.41) is 6.87. The molecule has 2 N–H and O–H groups in total. The third-order valence-corrected chi connectivity index (χ3v) is 2.94. The van der Waals surface area contributed by atoms with Gasteiger partial charge in [-0.1, -0.05) is 0 Å². The molecule has 13 heavy (non-hydrogen) atoms. The average Bonchev–Trinajstić information content (AvgIpc) is 2.48. The number of piperidine rings is 1. The molecule has 0 aromatic heterocycles. The van der Waals surface area contributed by atoms with Crippen LogP contribution in [0.1, 0.15) is 26.7 Å². The quantitative estimate of drug-likeness (QED) is 0.629. The molecular formula is C10H20N2O. The number of rotatable bonds is 1. The first-order valence-corrected chi connectivity index (χ1v) is 5.29. The molecule has 2 rings (SSSR count). The van der Waals surface area contributed by atoms with E-state index in [4.69, 9.17) is 4.74 Å². The lowest BCUT2D eigenvalue weighted by Gasteiger charge is -2.28. The van der Waals surface area contributed by atoms with E-state index in [1.165, 1.54) is 19.4 Å². The van der Waals surface area contributed by atoms with Crippen LogP contribution in [0.25, 0.3) is 0 Å². The Bertz CT molecular complexity index is 176. The molecule has 2 heterocycles. The van der Waals surface area contributed by atoms with Gasteiger partial charge in [0.25, 0.3) is 0 Å². The number of hydrogen-bond donors (Lipinski definition) is 2. The predicted octanol–water partition coefficient (Wildman–Crippen LogP) is 0.710. The van der Waals surface area contributed by atoms with Crippen LogP contribution < -0.4 is 10.6 Å². The molecule has 0 spiro atoms. The second kappa shape index (κ2) is 3.56. The Morgan fingerprint density at radius 3 is 2.77 bits per heavy atom. The second-order valence-electron chi connectivity index (χ2n) is 4.79. The lowest BCUT2D eigenvalue weighted by molar-refractivity contribution is -0.0460. The van der Waals surface area contributed by atoms with Gasteiger partial charge in [-0.2, -0.15) is 0 Å². The van der Waals surface area contributed by atoms with Crippen molar-refractivity contribution in [1.82, 2.24) is 10.6 Å². The summed E-state index contributed by atoms with van der Waals surface area (Å²) >= 11 is 0. The summed E-state index contributed by atoms with van der Waals surface area (Å²) in [4.78, 5) is 0. The summed E-state index contributed by atoms with van der Waals surface area (Å²) < 4.78 is 5.94. The van der Waals surface area contributed by atoms with Crippen molar-refractivity contribution in [3.63, 3.8) is 0 Å². The molecule has 0 aliphatic carbocycles. The van der Waals surface area contributed by atoms with Gasteiger partial charge in [0, 0.05) is 19.0 Å². The fourth-order valence-corrected chi connectivity index (χ4v) is 2.17. The van der Waals surface area contributed by atoms with E-state index in [0.717, 1.165) is 13.1 Å². The van der Waals surface area contributed by atoms with Gasteiger partial charge in [0.1, 0.15) is 6.23 Å². The summed E-state index contributed by atoms with van der Waals surface area (Å²) in [6.45, 7) is 7.56. The van der Waals surface area contributed by atoms with Gasteiger partial charge in [0.05, 0.1) is 5.60 Å². The van der Waals surface area contributed by atoms with Crippen molar-refractivity contribution in [3.05, 3.63) is 0 Å². The van der Waals surface area contributed by atoms with Gasteiger partial charge in [-0.3, -0.25) is 5.32 Å². The Kier molecular flexibility index (Phi) is 2.58. The Balaban J connectivity index is 1.87. The van der Waals surface area contributed by atoms with E-state index in [9.17, 15) is 0 Å². The van der Waals surface area contributed by atoms with Crippen LogP contribution in [0, 0.1) is 5.92 Å². The predicted molar refractivity (Wildman–Crippen MR) is 52.5 cm³/mol. The molecule has 2 fully saturated rings. The Labute approximate surface area is 80.2 Å². The minimum Gasteiger partial charge on any atom is -0.356 e. The number of ether oxygens (including phenoxy) is 1. The zero-order valence-electron chi connectivity index (χ0n) is 8.60. The van der Waals surface area contributed by atoms with E-state index in [-0.39, 0.29) is 11.8 Å². The summed E-state index contributed by atoms with van der Waals surface area (Å²) in [5.74, 6) is 0.663. The van der Waals surface area contributed by atoms with Crippen LogP contribution >= 0.6 is 0 Å². The first-order chi connectivity index (χ1) is 6.17. The Morgan fingerprint density at radius 1 is 1.38 bits per heavy atom. The standard InChI is InChI=1S/C10H20N2O/c1-10(2)7-12-9(13-10)8-4-3-5-11-6-8/h8-9,11-12H,3-7H2,1-2H3. The lowest BCUT2D eigenvalue weighted by atomic mass is 9.98. The molecule has 0 aromatic carbocycles. The first-order valence-electron chi connectivity index (χ1n) is 5.29. The van der Waals surface area contributed by atoms with E-state index in [1.54, 1.807) is 0 Å². The van der Waals surface area contributed by atoms with Crippen LogP contribution in [0.3, 0.4) is 0 Å². The van der Waals surface area contributed by atoms with Crippen molar-refractivity contribution < 1.29 is 4.74 Å². The van der Waals surface area contributed by atoms with Crippen molar-refractivity contribution in [2.75, 3.05) is 19.6 Å². The minimum absolute atomic E-state index is 0.0299. The van der Waals surface area contributed by atoms with Crippen LogP contribution in [0.2, 0.25) is 0 Å². The van der Waals surface area contributed by atoms with Gasteiger partial charge in [-0.05, 0) is 33.2 Å². The average molecular weight is 184 g/mol. The van der Waals surface area contributed by atoms with Crippen LogP contribution in [0.15, 0.2) is 0 Å². The zero-order valence-corrected chi connectivity index (χ0v) is 8.60. The number of hydrogen-bond acceptors (Lipinski definition) is 3. The Morgan fingerprint density at radius 2 is 2.23 bits per heavy atom. The molecule has 0 saturated carbocycles. The zero-order chi connectivity index (χ0) is 9.31. The molecule has 0 amide bonds. The largest absolute Gasteiger partial charge is 0.356 e. The molecule has 0 aromatic rings. The highest BCUT2D eigenvalue weighted by molar-refractivity contribution is 4.86. The molecule has 2 saturated heterocycles. The normalized spacial score (nSPS) is 39.2. The molecule has 2 aliphatic heterocycles.